The van der Waals surface area contributed by atoms with Crippen molar-refractivity contribution in [2.45, 2.75) is 32.9 Å². The minimum Gasteiger partial charge on any atom is -0.480 e. The van der Waals surface area contributed by atoms with E-state index < -0.39 is 18.0 Å². The second kappa shape index (κ2) is 7.35. The number of urea groups is 1. The predicted molar refractivity (Wildman–Crippen MR) is 70.5 cm³/mol. The van der Waals surface area contributed by atoms with Crippen LogP contribution in [0.5, 0.6) is 0 Å². The number of rotatable bonds is 6. The van der Waals surface area contributed by atoms with Gasteiger partial charge in [0.15, 0.2) is 0 Å². The molecule has 6 nitrogen and oxygen atoms in total. The summed E-state index contributed by atoms with van der Waals surface area (Å²) in [6.07, 6.45) is 3.69. The lowest BCUT2D eigenvalue weighted by Crippen LogP contribution is -2.46. The molecule has 0 aliphatic heterocycles. The monoisotopic (exact) mass is 265 g/mol. The second-order valence-electron chi connectivity index (χ2n) is 4.71. The molecule has 0 unspecified atom stereocenters. The van der Waals surface area contributed by atoms with Crippen molar-refractivity contribution < 1.29 is 14.7 Å². The highest BCUT2D eigenvalue weighted by molar-refractivity contribution is 5.82. The van der Waals surface area contributed by atoms with Crippen LogP contribution in [-0.2, 0) is 11.3 Å². The molecule has 104 valence electrons. The van der Waals surface area contributed by atoms with E-state index in [1.807, 2.05) is 19.9 Å². The number of nitrogens with zero attached hydrogens (tertiary/aromatic N) is 1. The van der Waals surface area contributed by atoms with E-state index in [-0.39, 0.29) is 5.92 Å². The minimum atomic E-state index is -1.02. The Morgan fingerprint density at radius 2 is 2.16 bits per heavy atom. The molecule has 2 amide bonds. The number of hydrogen-bond donors (Lipinski definition) is 3. The molecule has 19 heavy (non-hydrogen) atoms. The average molecular weight is 265 g/mol. The van der Waals surface area contributed by atoms with Gasteiger partial charge in [-0.2, -0.15) is 0 Å². The number of hydrogen-bond acceptors (Lipinski definition) is 3. The third-order valence-corrected chi connectivity index (χ3v) is 2.49. The first-order chi connectivity index (χ1) is 8.99. The number of carbonyl (C=O) groups excluding carboxylic acids is 1. The van der Waals surface area contributed by atoms with Crippen molar-refractivity contribution in [3.05, 3.63) is 30.1 Å². The molecule has 0 fully saturated rings. The summed E-state index contributed by atoms with van der Waals surface area (Å²) in [7, 11) is 0. The zero-order valence-electron chi connectivity index (χ0n) is 11.1. The lowest BCUT2D eigenvalue weighted by molar-refractivity contribution is -0.139. The van der Waals surface area contributed by atoms with Crippen molar-refractivity contribution in [2.75, 3.05) is 0 Å². The van der Waals surface area contributed by atoms with E-state index in [0.29, 0.717) is 13.0 Å². The van der Waals surface area contributed by atoms with E-state index in [1.165, 1.54) is 0 Å². The molecule has 3 N–H and O–H groups in total. The van der Waals surface area contributed by atoms with E-state index in [9.17, 15) is 9.59 Å². The van der Waals surface area contributed by atoms with Gasteiger partial charge in [0.2, 0.25) is 0 Å². The smallest absolute Gasteiger partial charge is 0.326 e. The summed E-state index contributed by atoms with van der Waals surface area (Å²) in [5.41, 5.74) is 0.855. The average Bonchev–Trinajstić information content (AvgIpc) is 2.36. The van der Waals surface area contributed by atoms with E-state index in [4.69, 9.17) is 5.11 Å². The van der Waals surface area contributed by atoms with Crippen molar-refractivity contribution in [1.29, 1.82) is 0 Å². The Morgan fingerprint density at radius 3 is 2.68 bits per heavy atom. The first kappa shape index (κ1) is 14.9. The van der Waals surface area contributed by atoms with Gasteiger partial charge in [-0.05, 0) is 24.0 Å². The number of carboxylic acid groups (broad SMARTS) is 1. The van der Waals surface area contributed by atoms with Gasteiger partial charge in [0, 0.05) is 18.9 Å². The fourth-order valence-corrected chi connectivity index (χ4v) is 1.59. The zero-order chi connectivity index (χ0) is 14.3. The van der Waals surface area contributed by atoms with Crippen molar-refractivity contribution in [3.8, 4) is 0 Å². The molecule has 6 heteroatoms. The lowest BCUT2D eigenvalue weighted by atomic mass is 10.0. The minimum absolute atomic E-state index is 0.194. The van der Waals surface area contributed by atoms with Gasteiger partial charge >= 0.3 is 12.0 Å². The van der Waals surface area contributed by atoms with Gasteiger partial charge in [-0.15, -0.1) is 0 Å². The van der Waals surface area contributed by atoms with Crippen LogP contribution in [0.15, 0.2) is 24.5 Å². The molecule has 1 heterocycles. The molecule has 1 rings (SSSR count). The highest BCUT2D eigenvalue weighted by atomic mass is 16.4. The number of amides is 2. The SMILES string of the molecule is CC(C)C[C@@H](NC(=O)NCc1cccnc1)C(=O)O. The highest BCUT2D eigenvalue weighted by Gasteiger charge is 2.20. The summed E-state index contributed by atoms with van der Waals surface area (Å²) in [4.78, 5) is 26.5. The van der Waals surface area contributed by atoms with Crippen molar-refractivity contribution in [1.82, 2.24) is 15.6 Å². The van der Waals surface area contributed by atoms with Gasteiger partial charge in [-0.25, -0.2) is 9.59 Å². The zero-order valence-corrected chi connectivity index (χ0v) is 11.1. The van der Waals surface area contributed by atoms with Crippen LogP contribution >= 0.6 is 0 Å². The quantitative estimate of drug-likeness (QED) is 0.724. The van der Waals surface area contributed by atoms with Crippen LogP contribution in [0.1, 0.15) is 25.8 Å². The number of aliphatic carboxylic acids is 1. The van der Waals surface area contributed by atoms with Gasteiger partial charge in [0.25, 0.3) is 0 Å². The highest BCUT2D eigenvalue weighted by Crippen LogP contribution is 2.04. The number of nitrogens with one attached hydrogen (secondary N) is 2. The Labute approximate surface area is 112 Å². The molecular weight excluding hydrogens is 246 g/mol. The van der Waals surface area contributed by atoms with E-state index >= 15 is 0 Å². The molecule has 0 aliphatic rings. The van der Waals surface area contributed by atoms with Crippen molar-refractivity contribution in [2.24, 2.45) is 5.92 Å². The summed E-state index contributed by atoms with van der Waals surface area (Å²) < 4.78 is 0. The molecule has 0 saturated carbocycles. The van der Waals surface area contributed by atoms with Crippen LogP contribution in [0.3, 0.4) is 0 Å². The fourth-order valence-electron chi connectivity index (χ4n) is 1.59. The maximum absolute atomic E-state index is 11.6. The van der Waals surface area contributed by atoms with Gasteiger partial charge in [-0.1, -0.05) is 19.9 Å². The first-order valence-corrected chi connectivity index (χ1v) is 6.15. The standard InChI is InChI=1S/C13H19N3O3/c1-9(2)6-11(12(17)18)16-13(19)15-8-10-4-3-5-14-7-10/h3-5,7,9,11H,6,8H2,1-2H3,(H,17,18)(H2,15,16,19)/t11-/m1/s1. The molecule has 1 aromatic heterocycles. The van der Waals surface area contributed by atoms with E-state index in [1.54, 1.807) is 18.5 Å². The van der Waals surface area contributed by atoms with Gasteiger partial charge in [0.05, 0.1) is 0 Å². The number of pyridine rings is 1. The molecule has 0 aliphatic carbocycles. The Hall–Kier alpha value is -2.11. The largest absolute Gasteiger partial charge is 0.480 e. The Kier molecular flexibility index (Phi) is 5.78. The predicted octanol–water partition coefficient (Wildman–Crippen LogP) is 1.38. The summed E-state index contributed by atoms with van der Waals surface area (Å²) in [5, 5.41) is 14.1. The lowest BCUT2D eigenvalue weighted by Gasteiger charge is -2.16. The summed E-state index contributed by atoms with van der Waals surface area (Å²) in [5.74, 6) is -0.829. The Balaban J connectivity index is 2.42. The van der Waals surface area contributed by atoms with Crippen LogP contribution in [-0.4, -0.2) is 28.1 Å². The molecule has 0 spiro atoms. The fraction of sp³-hybridized carbons (Fsp3) is 0.462. The van der Waals surface area contributed by atoms with E-state index in [2.05, 4.69) is 15.6 Å². The molecule has 1 aromatic rings. The van der Waals surface area contributed by atoms with E-state index in [0.717, 1.165) is 5.56 Å². The molecular formula is C13H19N3O3. The summed E-state index contributed by atoms with van der Waals surface area (Å²) in [6.45, 7) is 4.13. The van der Waals surface area contributed by atoms with Crippen molar-refractivity contribution >= 4 is 12.0 Å². The van der Waals surface area contributed by atoms with Gasteiger partial charge in [0.1, 0.15) is 6.04 Å². The first-order valence-electron chi connectivity index (χ1n) is 6.15. The number of carboxylic acids is 1. The second-order valence-corrected chi connectivity index (χ2v) is 4.71. The van der Waals surface area contributed by atoms with Crippen molar-refractivity contribution in [3.63, 3.8) is 0 Å². The van der Waals surface area contributed by atoms with Crippen LogP contribution in [0.2, 0.25) is 0 Å². The Bertz CT molecular complexity index is 420. The molecule has 0 radical (unpaired) electrons. The topological polar surface area (TPSA) is 91.3 Å². The Morgan fingerprint density at radius 1 is 1.42 bits per heavy atom. The van der Waals surface area contributed by atoms with Gasteiger partial charge < -0.3 is 15.7 Å². The van der Waals surface area contributed by atoms with Crippen LogP contribution < -0.4 is 10.6 Å². The molecule has 0 saturated heterocycles. The third-order valence-electron chi connectivity index (χ3n) is 2.49. The van der Waals surface area contributed by atoms with Crippen LogP contribution in [0.25, 0.3) is 0 Å². The number of carbonyl (C=O) groups is 2. The van der Waals surface area contributed by atoms with Gasteiger partial charge in [-0.3, -0.25) is 4.98 Å². The molecule has 0 aromatic carbocycles. The molecule has 0 bridgehead atoms. The summed E-state index contributed by atoms with van der Waals surface area (Å²) >= 11 is 0. The normalized spacial score (nSPS) is 11.9. The third kappa shape index (κ3) is 5.85. The summed E-state index contributed by atoms with van der Waals surface area (Å²) in [6, 6.07) is 2.25. The maximum atomic E-state index is 11.6. The van der Waals surface area contributed by atoms with Crippen LogP contribution in [0, 0.1) is 5.92 Å². The number of aromatic nitrogens is 1. The maximum Gasteiger partial charge on any atom is 0.326 e. The van der Waals surface area contributed by atoms with Crippen LogP contribution in [0.4, 0.5) is 4.79 Å². The molecule has 1 atom stereocenters.